The van der Waals surface area contributed by atoms with Crippen LogP contribution in [0.2, 0.25) is 5.02 Å². The lowest BCUT2D eigenvalue weighted by atomic mass is 10.2. The monoisotopic (exact) mass is 319 g/mol. The summed E-state index contributed by atoms with van der Waals surface area (Å²) in [5.41, 5.74) is 2.23. The fraction of sp³-hybridized carbons (Fsp3) is 0.0625. The van der Waals surface area contributed by atoms with E-state index in [9.17, 15) is 0 Å². The van der Waals surface area contributed by atoms with Crippen molar-refractivity contribution in [2.75, 3.05) is 5.32 Å². The Morgan fingerprint density at radius 1 is 1.10 bits per heavy atom. The molecule has 1 nitrogen and oxygen atoms in total. The minimum Gasteiger partial charge on any atom is -0.347 e. The molecule has 102 valence electrons. The third-order valence-electron chi connectivity index (χ3n) is 2.56. The molecule has 0 aliphatic carbocycles. The first kappa shape index (κ1) is 15.1. The number of hydrogen-bond donors (Lipinski definition) is 1. The van der Waals surface area contributed by atoms with E-state index < -0.39 is 0 Å². The maximum Gasteiger partial charge on any atom is 0.104 e. The molecule has 0 aromatic heterocycles. The topological polar surface area (TPSA) is 12.0 Å². The summed E-state index contributed by atoms with van der Waals surface area (Å²) < 4.78 is 0. The molecule has 0 spiro atoms. The van der Waals surface area contributed by atoms with E-state index in [0.717, 1.165) is 15.6 Å². The average Bonchev–Trinajstić information content (AvgIpc) is 2.44. The van der Waals surface area contributed by atoms with E-state index in [4.69, 9.17) is 23.8 Å². The van der Waals surface area contributed by atoms with Crippen molar-refractivity contribution in [2.24, 2.45) is 0 Å². The Balaban J connectivity index is 1.86. The molecule has 20 heavy (non-hydrogen) atoms. The number of rotatable bonds is 4. The highest BCUT2D eigenvalue weighted by molar-refractivity contribution is 8.02. The maximum atomic E-state index is 5.84. The Bertz CT molecular complexity index is 603. The van der Waals surface area contributed by atoms with Crippen LogP contribution in [0.25, 0.3) is 0 Å². The van der Waals surface area contributed by atoms with Crippen LogP contribution in [0.5, 0.6) is 0 Å². The fourth-order valence-corrected chi connectivity index (χ4v) is 2.56. The van der Waals surface area contributed by atoms with Crippen molar-refractivity contribution < 1.29 is 0 Å². The number of thiocarbonyl (C=S) groups is 1. The SMILES string of the molecule is Cc1ccc(NC(=S)C=CSc2ccc(Cl)cc2)cc1. The van der Waals surface area contributed by atoms with Crippen molar-refractivity contribution in [2.45, 2.75) is 11.8 Å². The summed E-state index contributed by atoms with van der Waals surface area (Å²) in [6, 6.07) is 15.8. The highest BCUT2D eigenvalue weighted by Gasteiger charge is 1.94. The number of nitrogens with one attached hydrogen (secondary N) is 1. The van der Waals surface area contributed by atoms with Crippen LogP contribution < -0.4 is 5.32 Å². The van der Waals surface area contributed by atoms with Gasteiger partial charge in [0.2, 0.25) is 0 Å². The Labute approximate surface area is 134 Å². The Hall–Kier alpha value is -1.29. The number of thioether (sulfide) groups is 1. The molecule has 0 radical (unpaired) electrons. The molecule has 0 heterocycles. The van der Waals surface area contributed by atoms with E-state index in [1.807, 2.05) is 47.9 Å². The highest BCUT2D eigenvalue weighted by atomic mass is 35.5. The molecule has 0 aliphatic rings. The van der Waals surface area contributed by atoms with E-state index in [-0.39, 0.29) is 0 Å². The molecule has 0 saturated carbocycles. The molecule has 2 rings (SSSR count). The van der Waals surface area contributed by atoms with Gasteiger partial charge in [-0.1, -0.05) is 53.3 Å². The smallest absolute Gasteiger partial charge is 0.104 e. The first-order chi connectivity index (χ1) is 9.63. The first-order valence-corrected chi connectivity index (χ1v) is 7.76. The molecular weight excluding hydrogens is 306 g/mol. The van der Waals surface area contributed by atoms with Gasteiger partial charge in [-0.25, -0.2) is 0 Å². The van der Waals surface area contributed by atoms with E-state index in [1.54, 1.807) is 11.8 Å². The van der Waals surface area contributed by atoms with Gasteiger partial charge in [-0.05, 0) is 54.8 Å². The van der Waals surface area contributed by atoms with Gasteiger partial charge < -0.3 is 5.32 Å². The summed E-state index contributed by atoms with van der Waals surface area (Å²) in [6.07, 6.45) is 1.88. The molecule has 0 aliphatic heterocycles. The Morgan fingerprint density at radius 2 is 1.75 bits per heavy atom. The Kier molecular flexibility index (Phi) is 5.65. The summed E-state index contributed by atoms with van der Waals surface area (Å²) in [5, 5.41) is 5.89. The molecule has 0 bridgehead atoms. The molecule has 1 N–H and O–H groups in total. The number of hydrogen-bond acceptors (Lipinski definition) is 2. The van der Waals surface area contributed by atoms with Crippen molar-refractivity contribution in [1.82, 2.24) is 0 Å². The second-order valence-corrected chi connectivity index (χ2v) is 6.09. The molecule has 4 heteroatoms. The first-order valence-electron chi connectivity index (χ1n) is 6.10. The van der Waals surface area contributed by atoms with Crippen LogP contribution in [-0.4, -0.2) is 4.99 Å². The molecule has 0 atom stereocenters. The highest BCUT2D eigenvalue weighted by Crippen LogP contribution is 2.21. The summed E-state index contributed by atoms with van der Waals surface area (Å²) in [4.78, 5) is 1.82. The largest absolute Gasteiger partial charge is 0.347 e. The van der Waals surface area contributed by atoms with Gasteiger partial charge in [-0.3, -0.25) is 0 Å². The van der Waals surface area contributed by atoms with Gasteiger partial charge in [0.25, 0.3) is 0 Å². The van der Waals surface area contributed by atoms with E-state index in [0.29, 0.717) is 4.99 Å². The van der Waals surface area contributed by atoms with Crippen LogP contribution in [0, 0.1) is 6.92 Å². The fourth-order valence-electron chi connectivity index (χ4n) is 1.51. The maximum absolute atomic E-state index is 5.84. The molecule has 2 aromatic carbocycles. The number of anilines is 1. The van der Waals surface area contributed by atoms with Crippen LogP contribution in [0.3, 0.4) is 0 Å². The van der Waals surface area contributed by atoms with Crippen molar-refractivity contribution in [3.8, 4) is 0 Å². The molecule has 2 aromatic rings. The second-order valence-electron chi connectivity index (χ2n) is 4.23. The van der Waals surface area contributed by atoms with E-state index in [1.165, 1.54) is 5.56 Å². The summed E-state index contributed by atoms with van der Waals surface area (Å²) in [6.45, 7) is 2.06. The van der Waals surface area contributed by atoms with E-state index in [2.05, 4.69) is 24.4 Å². The number of benzene rings is 2. The van der Waals surface area contributed by atoms with Gasteiger partial charge in [-0.2, -0.15) is 0 Å². The zero-order valence-corrected chi connectivity index (χ0v) is 13.4. The predicted molar refractivity (Wildman–Crippen MR) is 93.8 cm³/mol. The third kappa shape index (κ3) is 5.00. The van der Waals surface area contributed by atoms with Gasteiger partial charge in [0.05, 0.1) is 0 Å². The normalized spacial score (nSPS) is 10.7. The lowest BCUT2D eigenvalue weighted by Crippen LogP contribution is -2.04. The minimum atomic E-state index is 0.690. The number of halogens is 1. The standard InChI is InChI=1S/C16H14ClNS2/c1-12-2-6-14(7-3-12)18-16(19)10-11-20-15-8-4-13(17)5-9-15/h2-11H,1H3,(H,18,19). The third-order valence-corrected chi connectivity index (χ3v) is 3.86. The van der Waals surface area contributed by atoms with Crippen LogP contribution >= 0.6 is 35.6 Å². The summed E-state index contributed by atoms with van der Waals surface area (Å²) in [7, 11) is 0. The molecule has 0 fully saturated rings. The Morgan fingerprint density at radius 3 is 2.40 bits per heavy atom. The van der Waals surface area contributed by atoms with Gasteiger partial charge in [-0.15, -0.1) is 0 Å². The van der Waals surface area contributed by atoms with Crippen molar-refractivity contribution >= 4 is 46.3 Å². The van der Waals surface area contributed by atoms with Crippen LogP contribution in [0.4, 0.5) is 5.69 Å². The second kappa shape index (κ2) is 7.48. The van der Waals surface area contributed by atoms with E-state index >= 15 is 0 Å². The zero-order chi connectivity index (χ0) is 14.4. The summed E-state index contributed by atoms with van der Waals surface area (Å²) >= 11 is 12.7. The van der Waals surface area contributed by atoms with Crippen molar-refractivity contribution in [3.63, 3.8) is 0 Å². The predicted octanol–water partition coefficient (Wildman–Crippen LogP) is 5.69. The lowest BCUT2D eigenvalue weighted by molar-refractivity contribution is 1.47. The average molecular weight is 320 g/mol. The minimum absolute atomic E-state index is 0.690. The lowest BCUT2D eigenvalue weighted by Gasteiger charge is -2.04. The summed E-state index contributed by atoms with van der Waals surface area (Å²) in [5.74, 6) is 0. The molecule has 0 amide bonds. The van der Waals surface area contributed by atoms with Gasteiger partial charge in [0, 0.05) is 15.6 Å². The molecule has 0 saturated heterocycles. The van der Waals surface area contributed by atoms with Gasteiger partial charge in [0.15, 0.2) is 0 Å². The van der Waals surface area contributed by atoms with Crippen LogP contribution in [-0.2, 0) is 0 Å². The van der Waals surface area contributed by atoms with Crippen LogP contribution in [0.15, 0.2) is 64.9 Å². The van der Waals surface area contributed by atoms with Crippen molar-refractivity contribution in [3.05, 3.63) is 70.6 Å². The molecule has 0 unspecified atom stereocenters. The van der Waals surface area contributed by atoms with Crippen molar-refractivity contribution in [1.29, 1.82) is 0 Å². The number of aryl methyl sites for hydroxylation is 1. The zero-order valence-electron chi connectivity index (χ0n) is 11.0. The van der Waals surface area contributed by atoms with Gasteiger partial charge in [0.1, 0.15) is 4.99 Å². The quantitative estimate of drug-likeness (QED) is 0.441. The molecular formula is C16H14ClNS2. The van der Waals surface area contributed by atoms with Crippen LogP contribution in [0.1, 0.15) is 5.56 Å². The van der Waals surface area contributed by atoms with Gasteiger partial charge >= 0.3 is 0 Å².